The molecule has 0 aromatic carbocycles. The molecule has 5 rings (SSSR count). The smallest absolute Gasteiger partial charge is 0.259 e. The van der Waals surface area contributed by atoms with Crippen LogP contribution in [0.5, 0.6) is 0 Å². The predicted octanol–water partition coefficient (Wildman–Crippen LogP) is 0.349. The van der Waals surface area contributed by atoms with Gasteiger partial charge in [0.2, 0.25) is 23.6 Å². The number of amides is 1. The summed E-state index contributed by atoms with van der Waals surface area (Å²) in [6.45, 7) is 2.07. The summed E-state index contributed by atoms with van der Waals surface area (Å²) < 4.78 is 31.8. The van der Waals surface area contributed by atoms with Crippen molar-refractivity contribution >= 4 is 23.6 Å². The first-order valence-corrected chi connectivity index (χ1v) is 9.99. The fourth-order valence-electron chi connectivity index (χ4n) is 3.87. The Balaban J connectivity index is 1.31. The van der Waals surface area contributed by atoms with Gasteiger partial charge in [-0.3, -0.25) is 9.69 Å². The molecule has 3 aromatic heterocycles. The monoisotopic (exact) mass is 433 g/mol. The highest BCUT2D eigenvalue weighted by Gasteiger charge is 2.39. The first-order valence-electron chi connectivity index (χ1n) is 9.99. The number of anilines is 2. The minimum atomic E-state index is -2.37. The van der Waals surface area contributed by atoms with E-state index in [2.05, 4.69) is 20.1 Å². The molecule has 2 aliphatic rings. The Morgan fingerprint density at radius 3 is 2.65 bits per heavy atom. The van der Waals surface area contributed by atoms with Crippen molar-refractivity contribution in [3.8, 4) is 11.6 Å². The molecule has 13 heteroatoms. The molecule has 31 heavy (non-hydrogen) atoms. The lowest BCUT2D eigenvalue weighted by molar-refractivity contribution is -0.136. The fourth-order valence-corrected chi connectivity index (χ4v) is 3.87. The van der Waals surface area contributed by atoms with Crippen LogP contribution in [0, 0.1) is 0 Å². The van der Waals surface area contributed by atoms with E-state index >= 15 is 0 Å². The van der Waals surface area contributed by atoms with E-state index in [-0.39, 0.29) is 24.2 Å². The van der Waals surface area contributed by atoms with Crippen LogP contribution in [0.2, 0.25) is 0 Å². The Bertz CT molecular complexity index is 1080. The van der Waals surface area contributed by atoms with Crippen molar-refractivity contribution in [1.82, 2.24) is 34.4 Å². The molecule has 2 N–H and O–H groups in total. The number of carbonyl (C=O) groups is 1. The Labute approximate surface area is 175 Å². The summed E-state index contributed by atoms with van der Waals surface area (Å²) in [5.74, 6) is 1.43. The first-order chi connectivity index (χ1) is 15.0. The van der Waals surface area contributed by atoms with Crippen LogP contribution in [0.1, 0.15) is 6.42 Å². The molecule has 0 spiro atoms. The van der Waals surface area contributed by atoms with Gasteiger partial charge in [0.25, 0.3) is 12.2 Å². The van der Waals surface area contributed by atoms with Gasteiger partial charge in [-0.1, -0.05) is 0 Å². The molecule has 0 radical (unpaired) electrons. The number of nitrogens with two attached hydrogens (primary N) is 1. The molecule has 0 aliphatic carbocycles. The van der Waals surface area contributed by atoms with Crippen molar-refractivity contribution < 1.29 is 18.0 Å². The zero-order valence-electron chi connectivity index (χ0n) is 16.6. The number of furan rings is 1. The van der Waals surface area contributed by atoms with Crippen LogP contribution in [0.4, 0.5) is 20.7 Å². The lowest BCUT2D eigenvalue weighted by Crippen LogP contribution is -2.60. The molecule has 2 fully saturated rings. The number of fused-ring (bicyclic) bond motifs is 1. The van der Waals surface area contributed by atoms with Crippen molar-refractivity contribution in [3.05, 3.63) is 18.4 Å². The average Bonchev–Trinajstić information content (AvgIpc) is 3.37. The molecule has 0 unspecified atom stereocenters. The molecule has 164 valence electrons. The molecule has 3 aromatic rings. The van der Waals surface area contributed by atoms with Crippen molar-refractivity contribution in [2.45, 2.75) is 18.9 Å². The minimum Gasteiger partial charge on any atom is -0.461 e. The highest BCUT2D eigenvalue weighted by Crippen LogP contribution is 2.27. The Hall–Kier alpha value is -3.35. The highest BCUT2D eigenvalue weighted by molar-refractivity contribution is 5.86. The Morgan fingerprint density at radius 2 is 2.00 bits per heavy atom. The number of nitrogen functional groups attached to an aromatic ring is 1. The molecule has 2 saturated heterocycles. The zero-order chi connectivity index (χ0) is 21.5. The zero-order valence-corrected chi connectivity index (χ0v) is 16.6. The quantitative estimate of drug-likeness (QED) is 0.607. The molecule has 2 aliphatic heterocycles. The van der Waals surface area contributed by atoms with Gasteiger partial charge in [-0.2, -0.15) is 19.5 Å². The minimum absolute atomic E-state index is 0.0530. The number of hydrogen-bond acceptors (Lipinski definition) is 9. The number of nitrogens with zero attached hydrogens (tertiary/aromatic N) is 8. The third kappa shape index (κ3) is 3.65. The number of halogens is 2. The summed E-state index contributed by atoms with van der Waals surface area (Å²) in [6, 6.07) is 3.05. The van der Waals surface area contributed by atoms with E-state index in [1.54, 1.807) is 26.8 Å². The summed E-state index contributed by atoms with van der Waals surface area (Å²) in [5.41, 5.74) is 6.05. The third-order valence-electron chi connectivity index (χ3n) is 5.60. The van der Waals surface area contributed by atoms with Gasteiger partial charge >= 0.3 is 0 Å². The van der Waals surface area contributed by atoms with Gasteiger partial charge < -0.3 is 20.0 Å². The van der Waals surface area contributed by atoms with Crippen LogP contribution in [0.25, 0.3) is 17.4 Å². The number of aromatic nitrogens is 5. The second kappa shape index (κ2) is 7.72. The van der Waals surface area contributed by atoms with Gasteiger partial charge in [0, 0.05) is 32.7 Å². The summed E-state index contributed by atoms with van der Waals surface area (Å²) in [7, 11) is 0. The van der Waals surface area contributed by atoms with E-state index in [0.29, 0.717) is 56.7 Å². The molecule has 1 amide bonds. The van der Waals surface area contributed by atoms with Gasteiger partial charge in [-0.15, -0.1) is 5.10 Å². The number of alkyl halides is 2. The molecule has 0 saturated carbocycles. The van der Waals surface area contributed by atoms with Crippen LogP contribution >= 0.6 is 0 Å². The number of rotatable bonds is 5. The lowest BCUT2D eigenvalue weighted by Gasteiger charge is -2.44. The van der Waals surface area contributed by atoms with Crippen molar-refractivity contribution in [2.75, 3.05) is 49.9 Å². The maximum absolute atomic E-state index is 13.0. The Kier molecular flexibility index (Phi) is 4.88. The van der Waals surface area contributed by atoms with Crippen LogP contribution in [0.3, 0.4) is 0 Å². The second-order valence-corrected chi connectivity index (χ2v) is 7.52. The van der Waals surface area contributed by atoms with Crippen molar-refractivity contribution in [2.24, 2.45) is 0 Å². The summed E-state index contributed by atoms with van der Waals surface area (Å²) >= 11 is 0. The van der Waals surface area contributed by atoms with Gasteiger partial charge in [0.15, 0.2) is 5.76 Å². The van der Waals surface area contributed by atoms with E-state index in [1.807, 2.05) is 0 Å². The highest BCUT2D eigenvalue weighted by atomic mass is 19.3. The molecule has 1 atom stereocenters. The lowest BCUT2D eigenvalue weighted by atomic mass is 10.0. The average molecular weight is 433 g/mol. The largest absolute Gasteiger partial charge is 0.461 e. The molecular weight excluding hydrogens is 412 g/mol. The standard InChI is InChI=1S/C18H21F2N9O2/c19-13(20)10-26-5-7-27(8-6-26)15(30)11-3-4-28(11)17-23-16(21)29-18(24-17)22-14(25-29)12-2-1-9-31-12/h1-2,9,11,13H,3-8,10H2,(H2,21,22,23,24,25)/t11-/m0/s1. The number of piperazine rings is 1. The van der Waals surface area contributed by atoms with Gasteiger partial charge in [-0.25, -0.2) is 8.78 Å². The SMILES string of the molecule is Nc1nc(N2CC[C@H]2C(=O)N2CCN(CC(F)F)CC2)nc2nc(-c3ccco3)nn12. The molecule has 5 heterocycles. The maximum Gasteiger partial charge on any atom is 0.259 e. The Morgan fingerprint density at radius 1 is 1.19 bits per heavy atom. The molecular formula is C18H21F2N9O2. The van der Waals surface area contributed by atoms with E-state index < -0.39 is 12.5 Å². The summed E-state index contributed by atoms with van der Waals surface area (Å²) in [4.78, 5) is 31.2. The van der Waals surface area contributed by atoms with Crippen LogP contribution in [-0.2, 0) is 4.79 Å². The number of hydrogen-bond donors (Lipinski definition) is 1. The fraction of sp³-hybridized carbons (Fsp3) is 0.500. The van der Waals surface area contributed by atoms with Crippen LogP contribution < -0.4 is 10.6 Å². The first kappa shape index (κ1) is 19.6. The second-order valence-electron chi connectivity index (χ2n) is 7.52. The summed E-state index contributed by atoms with van der Waals surface area (Å²) in [5, 5.41) is 4.26. The predicted molar refractivity (Wildman–Crippen MR) is 105 cm³/mol. The van der Waals surface area contributed by atoms with E-state index in [0.717, 1.165) is 0 Å². The van der Waals surface area contributed by atoms with Gasteiger partial charge in [0.1, 0.15) is 6.04 Å². The van der Waals surface area contributed by atoms with Gasteiger partial charge in [-0.05, 0) is 18.6 Å². The van der Waals surface area contributed by atoms with Crippen LogP contribution in [0.15, 0.2) is 22.8 Å². The van der Waals surface area contributed by atoms with Gasteiger partial charge in [0.05, 0.1) is 12.8 Å². The van der Waals surface area contributed by atoms with Crippen LogP contribution in [-0.4, -0.2) is 92.0 Å². The third-order valence-corrected chi connectivity index (χ3v) is 5.60. The molecule has 0 bridgehead atoms. The maximum atomic E-state index is 13.0. The topological polar surface area (TPSA) is 122 Å². The van der Waals surface area contributed by atoms with E-state index in [9.17, 15) is 13.6 Å². The summed E-state index contributed by atoms with van der Waals surface area (Å²) in [6.07, 6.45) is -0.188. The van der Waals surface area contributed by atoms with E-state index in [4.69, 9.17) is 10.2 Å². The normalized spacial score (nSPS) is 19.9. The van der Waals surface area contributed by atoms with Crippen molar-refractivity contribution in [3.63, 3.8) is 0 Å². The van der Waals surface area contributed by atoms with E-state index in [1.165, 1.54) is 10.8 Å². The number of carbonyl (C=O) groups excluding carboxylic acids is 1. The molecule has 11 nitrogen and oxygen atoms in total. The van der Waals surface area contributed by atoms with Crippen molar-refractivity contribution in [1.29, 1.82) is 0 Å².